The van der Waals surface area contributed by atoms with Gasteiger partial charge in [0, 0.05) is 0 Å². The zero-order valence-electron chi connectivity index (χ0n) is 27.0. The van der Waals surface area contributed by atoms with E-state index >= 15 is 17.6 Å². The molecule has 0 aliphatic heterocycles. The van der Waals surface area contributed by atoms with Gasteiger partial charge in [-0.05, 0) is 0 Å². The fourth-order valence-corrected chi connectivity index (χ4v) is 14.8. The second kappa shape index (κ2) is 14.4. The van der Waals surface area contributed by atoms with Crippen molar-refractivity contribution in [3.05, 3.63) is 163 Å². The Hall–Kier alpha value is -4.79. The number of anilines is 2. The van der Waals surface area contributed by atoms with Crippen LogP contribution in [0.25, 0.3) is 0 Å². The van der Waals surface area contributed by atoms with Gasteiger partial charge >= 0.3 is 287 Å². The van der Waals surface area contributed by atoms with Crippen molar-refractivity contribution in [2.75, 3.05) is 23.7 Å². The minimum absolute atomic E-state index is 0.149. The van der Waals surface area contributed by atoms with Crippen molar-refractivity contribution in [1.82, 2.24) is 0 Å². The third-order valence-electron chi connectivity index (χ3n) is 9.06. The van der Waals surface area contributed by atoms with Gasteiger partial charge in [0.2, 0.25) is 0 Å². The van der Waals surface area contributed by atoms with Gasteiger partial charge < -0.3 is 0 Å². The van der Waals surface area contributed by atoms with E-state index in [0.29, 0.717) is 18.9 Å². The number of hydrogen-bond acceptors (Lipinski definition) is 4. The number of allylic oxidation sites excluding steroid dienone is 8. The van der Waals surface area contributed by atoms with Gasteiger partial charge in [-0.3, -0.25) is 0 Å². The molecule has 9 heteroatoms. The normalized spacial score (nSPS) is 13.8. The second-order valence-electron chi connectivity index (χ2n) is 12.3. The molecule has 4 aromatic rings. The summed E-state index contributed by atoms with van der Waals surface area (Å²) in [5.41, 5.74) is 2.50. The van der Waals surface area contributed by atoms with Crippen LogP contribution in [0.4, 0.5) is 28.9 Å². The molecule has 0 fully saturated rings. The van der Waals surface area contributed by atoms with Gasteiger partial charge in [0.05, 0.1) is 0 Å². The van der Waals surface area contributed by atoms with Crippen LogP contribution in [-0.2, 0) is 16.6 Å². The van der Waals surface area contributed by atoms with Crippen molar-refractivity contribution in [1.29, 1.82) is 0 Å². The molecule has 0 bridgehead atoms. The maximum atomic E-state index is 17.0. The SMILES string of the molecule is Cc1ccc(C(=O)CNc2ccc(F)[c]([Ti]([C]3=CC=CC3)([C]3=CC=CC3)[c]3c(F)ccc(NCC(=O)c4ccc(C)cc4)c3F)c2F)cc1. The van der Waals surface area contributed by atoms with E-state index in [1.807, 2.05) is 13.8 Å². The van der Waals surface area contributed by atoms with Gasteiger partial charge in [-0.1, -0.05) is 0 Å². The van der Waals surface area contributed by atoms with E-state index in [1.54, 1.807) is 85.0 Å². The number of aryl methyl sites for hydroxylation is 2. The molecule has 0 heterocycles. The topological polar surface area (TPSA) is 58.2 Å². The van der Waals surface area contributed by atoms with Gasteiger partial charge in [-0.15, -0.1) is 0 Å². The third kappa shape index (κ3) is 6.63. The van der Waals surface area contributed by atoms with Crippen molar-refractivity contribution < 1.29 is 43.7 Å². The van der Waals surface area contributed by atoms with Gasteiger partial charge in [-0.25, -0.2) is 0 Å². The van der Waals surface area contributed by atoms with E-state index in [-0.39, 0.29) is 56.6 Å². The molecule has 2 aliphatic carbocycles. The van der Waals surface area contributed by atoms with Crippen molar-refractivity contribution >= 4 is 30.7 Å². The van der Waals surface area contributed by atoms with Crippen LogP contribution in [0.2, 0.25) is 0 Å². The summed E-state index contributed by atoms with van der Waals surface area (Å²) in [5.74, 6) is -4.47. The predicted molar refractivity (Wildman–Crippen MR) is 184 cm³/mol. The summed E-state index contributed by atoms with van der Waals surface area (Å²) in [4.78, 5) is 25.9. The van der Waals surface area contributed by atoms with Crippen molar-refractivity contribution in [3.63, 3.8) is 0 Å². The number of nitrogens with one attached hydrogen (secondary N) is 2. The van der Waals surface area contributed by atoms with E-state index in [4.69, 9.17) is 0 Å². The first-order valence-corrected chi connectivity index (χ1v) is 19.1. The summed E-state index contributed by atoms with van der Waals surface area (Å²) in [6.07, 6.45) is 11.0. The number of Topliss-reactive ketones (excluding diaryl/α,β-unsaturated/α-hetero) is 2. The van der Waals surface area contributed by atoms with Crippen molar-refractivity contribution in [2.45, 2.75) is 26.7 Å². The van der Waals surface area contributed by atoms with Gasteiger partial charge in [0.15, 0.2) is 0 Å². The number of hydrogen-bond donors (Lipinski definition) is 2. The molecule has 0 atom stereocenters. The Balaban J connectivity index is 1.46. The number of carbonyl (C=O) groups is 2. The molecule has 0 aromatic heterocycles. The molecule has 0 saturated heterocycles. The number of ketones is 2. The van der Waals surface area contributed by atoms with E-state index in [0.717, 1.165) is 23.3 Å². The Morgan fingerprint density at radius 3 is 1.33 bits per heavy atom. The Morgan fingerprint density at radius 2 is 0.980 bits per heavy atom. The van der Waals surface area contributed by atoms with Crippen molar-refractivity contribution in [2.24, 2.45) is 0 Å². The molecule has 6 rings (SSSR count). The first-order valence-electron chi connectivity index (χ1n) is 16.0. The number of halogens is 4. The molecular weight excluding hydrogens is 664 g/mol. The summed E-state index contributed by atoms with van der Waals surface area (Å²) in [5, 5.41) is 5.64. The first-order chi connectivity index (χ1) is 23.6. The van der Waals surface area contributed by atoms with E-state index in [2.05, 4.69) is 10.6 Å². The fraction of sp³-hybridized carbons (Fsp3) is 0.150. The Kier molecular flexibility index (Phi) is 10.00. The molecule has 0 spiro atoms. The van der Waals surface area contributed by atoms with Crippen LogP contribution >= 0.6 is 0 Å². The quantitative estimate of drug-likeness (QED) is 0.0890. The zero-order valence-corrected chi connectivity index (χ0v) is 28.6. The molecule has 49 heavy (non-hydrogen) atoms. The van der Waals surface area contributed by atoms with Crippen LogP contribution in [0.15, 0.2) is 117 Å². The average molecular weight is 699 g/mol. The van der Waals surface area contributed by atoms with Gasteiger partial charge in [0.25, 0.3) is 0 Å². The van der Waals surface area contributed by atoms with E-state index in [1.165, 1.54) is 12.1 Å². The molecule has 0 amide bonds. The van der Waals surface area contributed by atoms with Crippen LogP contribution in [0.5, 0.6) is 0 Å². The standard InChI is InChI=1S/2C15H12F2NO.2C5H5.Ti/c2*1-10-2-4-11(5-3-10)15(19)9-18-14-7-6-12(16)8-13(14)17;2*1-2-4-5-3-1;/h2*2-7,18H,9H2,1H3;2*1-3H,4H2;. The summed E-state index contributed by atoms with van der Waals surface area (Å²) >= 11 is -5.12. The van der Waals surface area contributed by atoms with E-state index < -0.39 is 39.9 Å². The van der Waals surface area contributed by atoms with Crippen LogP contribution < -0.4 is 18.4 Å². The summed E-state index contributed by atoms with van der Waals surface area (Å²) in [7, 11) is 0. The van der Waals surface area contributed by atoms with Crippen LogP contribution in [0.1, 0.15) is 44.7 Å². The minimum atomic E-state index is -5.12. The van der Waals surface area contributed by atoms with Crippen LogP contribution in [-0.4, -0.2) is 24.7 Å². The Labute approximate surface area is 286 Å². The summed E-state index contributed by atoms with van der Waals surface area (Å²) in [6, 6.07) is 18.4. The van der Waals surface area contributed by atoms with Crippen LogP contribution in [0, 0.1) is 37.1 Å². The van der Waals surface area contributed by atoms with Gasteiger partial charge in [0.1, 0.15) is 0 Å². The molecule has 0 saturated carbocycles. The molecule has 0 unspecified atom stereocenters. The Bertz CT molecular complexity index is 1920. The monoisotopic (exact) mass is 698 g/mol. The maximum absolute atomic E-state index is 17.0. The predicted octanol–water partition coefficient (Wildman–Crippen LogP) is 8.24. The second-order valence-corrected chi connectivity index (χ2v) is 18.2. The molecule has 4 aromatic carbocycles. The molecule has 4 nitrogen and oxygen atoms in total. The third-order valence-corrected chi connectivity index (χ3v) is 17.0. The van der Waals surface area contributed by atoms with E-state index in [9.17, 15) is 9.59 Å². The summed E-state index contributed by atoms with van der Waals surface area (Å²) < 4.78 is 67.0. The molecule has 2 aliphatic rings. The first kappa shape index (κ1) is 34.1. The zero-order chi connectivity index (χ0) is 34.7. The number of carbonyl (C=O) groups excluding carboxylic acids is 2. The number of benzene rings is 4. The summed E-state index contributed by atoms with van der Waals surface area (Å²) in [6.45, 7) is 3.23. The van der Waals surface area contributed by atoms with Crippen LogP contribution in [0.3, 0.4) is 0 Å². The molecule has 2 N–H and O–H groups in total. The van der Waals surface area contributed by atoms with Gasteiger partial charge in [-0.2, -0.15) is 0 Å². The average Bonchev–Trinajstić information content (AvgIpc) is 3.83. The molecular formula is C40H34F4N2O2Ti. The number of rotatable bonds is 12. The fourth-order valence-electron chi connectivity index (χ4n) is 6.52. The molecule has 0 radical (unpaired) electrons. The van der Waals surface area contributed by atoms with Crippen molar-refractivity contribution in [3.8, 4) is 0 Å². The molecule has 248 valence electrons. The Morgan fingerprint density at radius 1 is 0.592 bits per heavy atom.